The number of aromatic amines is 1. The number of rotatable bonds is 3. The number of halogens is 5. The number of hydrogen-bond acceptors (Lipinski definition) is 4. The Morgan fingerprint density at radius 3 is 2.39 bits per heavy atom. The lowest BCUT2D eigenvalue weighted by Gasteiger charge is -2.37. The maximum absolute atomic E-state index is 14.1. The van der Waals surface area contributed by atoms with Crippen LogP contribution < -0.4 is 4.31 Å². The lowest BCUT2D eigenvalue weighted by atomic mass is 9.93. The quantitative estimate of drug-likeness (QED) is 0.592. The average molecular weight is 456 g/mol. The van der Waals surface area contributed by atoms with Gasteiger partial charge in [-0.15, -0.1) is 0 Å². The molecule has 0 bridgehead atoms. The molecule has 2 aliphatic rings. The zero-order chi connectivity index (χ0) is 22.1. The van der Waals surface area contributed by atoms with Crippen LogP contribution in [0, 0.1) is 17.6 Å². The van der Waals surface area contributed by atoms with Crippen LogP contribution in [0.4, 0.5) is 27.6 Å². The molecule has 1 atom stereocenters. The highest BCUT2D eigenvalue weighted by atomic mass is 32.2. The predicted molar refractivity (Wildman–Crippen MR) is 98.3 cm³/mol. The average Bonchev–Trinajstić information content (AvgIpc) is 3.43. The molecule has 1 aliphatic heterocycles. The number of fused-ring (bicyclic) bond motifs is 3. The SMILES string of the molecule is O=S(=O)(c1ccc(C(F)(F)F)cn1)N1c2cc(F)c(F)cc2-c2[nH]ncc2C1C1CC1. The van der Waals surface area contributed by atoms with Crippen molar-refractivity contribution in [2.45, 2.75) is 30.1 Å². The van der Waals surface area contributed by atoms with Crippen molar-refractivity contribution in [3.63, 3.8) is 0 Å². The predicted octanol–water partition coefficient (Wildman–Crippen LogP) is 4.43. The summed E-state index contributed by atoms with van der Waals surface area (Å²) >= 11 is 0. The van der Waals surface area contributed by atoms with Crippen LogP contribution in [0.1, 0.15) is 30.0 Å². The van der Waals surface area contributed by atoms with Gasteiger partial charge in [0.15, 0.2) is 16.7 Å². The molecule has 1 aliphatic carbocycles. The summed E-state index contributed by atoms with van der Waals surface area (Å²) in [6, 6.07) is 2.23. The lowest BCUT2D eigenvalue weighted by molar-refractivity contribution is -0.137. The first-order chi connectivity index (χ1) is 14.6. The van der Waals surface area contributed by atoms with Crippen LogP contribution in [0.2, 0.25) is 0 Å². The topological polar surface area (TPSA) is 79.0 Å². The molecular formula is C19H13F5N4O2S. The van der Waals surface area contributed by atoms with Crippen LogP contribution in [0.5, 0.6) is 0 Å². The zero-order valence-electron chi connectivity index (χ0n) is 15.5. The maximum atomic E-state index is 14.1. The van der Waals surface area contributed by atoms with E-state index in [-0.39, 0.29) is 17.2 Å². The van der Waals surface area contributed by atoms with Crippen LogP contribution in [0.25, 0.3) is 11.3 Å². The molecule has 1 aromatic carbocycles. The van der Waals surface area contributed by atoms with Gasteiger partial charge in [0.05, 0.1) is 29.2 Å². The largest absolute Gasteiger partial charge is 0.417 e. The molecule has 0 radical (unpaired) electrons. The highest BCUT2D eigenvalue weighted by Gasteiger charge is 2.48. The van der Waals surface area contributed by atoms with E-state index in [0.717, 1.165) is 22.5 Å². The number of nitrogens with one attached hydrogen (secondary N) is 1. The Hall–Kier alpha value is -3.02. The summed E-state index contributed by atoms with van der Waals surface area (Å²) in [7, 11) is -4.52. The van der Waals surface area contributed by atoms with Crippen molar-refractivity contribution in [3.8, 4) is 11.3 Å². The van der Waals surface area contributed by atoms with Gasteiger partial charge in [-0.2, -0.15) is 26.7 Å². The number of anilines is 1. The van der Waals surface area contributed by atoms with Crippen molar-refractivity contribution in [3.05, 3.63) is 59.4 Å². The minimum absolute atomic E-state index is 0.0822. The Balaban J connectivity index is 1.71. The number of H-pyrrole nitrogens is 1. The van der Waals surface area contributed by atoms with Crippen LogP contribution >= 0.6 is 0 Å². The van der Waals surface area contributed by atoms with E-state index in [1.165, 1.54) is 6.20 Å². The van der Waals surface area contributed by atoms with Crippen molar-refractivity contribution < 1.29 is 30.4 Å². The zero-order valence-corrected chi connectivity index (χ0v) is 16.3. The summed E-state index contributed by atoms with van der Waals surface area (Å²) in [4.78, 5) is 3.52. The molecule has 1 saturated carbocycles. The van der Waals surface area contributed by atoms with Crippen molar-refractivity contribution >= 4 is 15.7 Å². The standard InChI is InChI=1S/C19H13F5N4O2S/c20-13-5-11-15(6-14(13)21)28(18(9-1-2-9)12-8-26-27-17(11)12)31(29,30)16-4-3-10(7-25-16)19(22,23)24/h3-9,18H,1-2H2,(H,26,27). The number of pyridine rings is 1. The van der Waals surface area contributed by atoms with Crippen molar-refractivity contribution in [1.29, 1.82) is 0 Å². The molecule has 3 heterocycles. The Labute approximate surface area is 172 Å². The van der Waals surface area contributed by atoms with Gasteiger partial charge >= 0.3 is 6.18 Å². The third kappa shape index (κ3) is 3.08. The molecule has 5 rings (SSSR count). The van der Waals surface area contributed by atoms with E-state index in [9.17, 15) is 30.4 Å². The number of nitrogens with zero attached hydrogens (tertiary/aromatic N) is 3. The molecule has 0 spiro atoms. The van der Waals surface area contributed by atoms with E-state index in [0.29, 0.717) is 36.4 Å². The van der Waals surface area contributed by atoms with Gasteiger partial charge in [0.25, 0.3) is 10.0 Å². The number of hydrogen-bond donors (Lipinski definition) is 1. The van der Waals surface area contributed by atoms with E-state index in [1.807, 2.05) is 0 Å². The molecule has 12 heteroatoms. The number of benzene rings is 1. The fraction of sp³-hybridized carbons (Fsp3) is 0.263. The molecule has 2 aromatic heterocycles. The van der Waals surface area contributed by atoms with Gasteiger partial charge in [0.2, 0.25) is 0 Å². The van der Waals surface area contributed by atoms with Gasteiger partial charge < -0.3 is 0 Å². The minimum Gasteiger partial charge on any atom is -0.277 e. The highest BCUT2D eigenvalue weighted by molar-refractivity contribution is 7.92. The van der Waals surface area contributed by atoms with Crippen LogP contribution in [-0.4, -0.2) is 23.6 Å². The van der Waals surface area contributed by atoms with Crippen molar-refractivity contribution in [2.24, 2.45) is 5.92 Å². The molecule has 6 nitrogen and oxygen atoms in total. The molecule has 1 unspecified atom stereocenters. The maximum Gasteiger partial charge on any atom is 0.417 e. The van der Waals surface area contributed by atoms with Crippen molar-refractivity contribution in [1.82, 2.24) is 15.2 Å². The fourth-order valence-electron chi connectivity index (χ4n) is 3.87. The number of sulfonamides is 1. The van der Waals surface area contributed by atoms with Crippen molar-refractivity contribution in [2.75, 3.05) is 4.31 Å². The molecule has 0 saturated heterocycles. The van der Waals surface area contributed by atoms with E-state index in [1.54, 1.807) is 0 Å². The van der Waals surface area contributed by atoms with Gasteiger partial charge in [-0.1, -0.05) is 0 Å². The van der Waals surface area contributed by atoms with Gasteiger partial charge in [-0.25, -0.2) is 13.8 Å². The Kier molecular flexibility index (Phi) is 4.17. The first-order valence-electron chi connectivity index (χ1n) is 9.19. The van der Waals surface area contributed by atoms with Crippen LogP contribution in [0.3, 0.4) is 0 Å². The Morgan fingerprint density at radius 1 is 1.06 bits per heavy atom. The van der Waals surface area contributed by atoms with E-state index in [4.69, 9.17) is 0 Å². The van der Waals surface area contributed by atoms with Gasteiger partial charge in [-0.05, 0) is 37.0 Å². The molecule has 1 fully saturated rings. The molecule has 0 amide bonds. The second-order valence-electron chi connectivity index (χ2n) is 7.45. The number of alkyl halides is 3. The van der Waals surface area contributed by atoms with E-state index >= 15 is 0 Å². The van der Waals surface area contributed by atoms with Crippen LogP contribution in [-0.2, 0) is 16.2 Å². The monoisotopic (exact) mass is 456 g/mol. The third-order valence-electron chi connectivity index (χ3n) is 5.44. The van der Waals surface area contributed by atoms with Gasteiger partial charge in [0, 0.05) is 23.4 Å². The van der Waals surface area contributed by atoms with E-state index in [2.05, 4.69) is 15.2 Å². The summed E-state index contributed by atoms with van der Waals surface area (Å²) < 4.78 is 94.7. The second-order valence-corrected chi connectivity index (χ2v) is 9.21. The smallest absolute Gasteiger partial charge is 0.277 e. The molecule has 3 aromatic rings. The molecule has 1 N–H and O–H groups in total. The van der Waals surface area contributed by atoms with Crippen LogP contribution in [0.15, 0.2) is 41.7 Å². The first-order valence-corrected chi connectivity index (χ1v) is 10.6. The lowest BCUT2D eigenvalue weighted by Crippen LogP contribution is -2.39. The summed E-state index contributed by atoms with van der Waals surface area (Å²) in [6.45, 7) is 0. The van der Waals surface area contributed by atoms with E-state index < -0.39 is 44.5 Å². The highest BCUT2D eigenvalue weighted by Crippen LogP contribution is 2.54. The van der Waals surface area contributed by atoms with Gasteiger partial charge in [0.1, 0.15) is 0 Å². The Morgan fingerprint density at radius 2 is 1.77 bits per heavy atom. The summed E-state index contributed by atoms with van der Waals surface area (Å²) in [6.07, 6.45) is -1.44. The first kappa shape index (κ1) is 19.9. The summed E-state index contributed by atoms with van der Waals surface area (Å²) in [5, 5.41) is 6.02. The normalized spacial score (nSPS) is 18.6. The third-order valence-corrected chi connectivity index (χ3v) is 7.15. The molecular weight excluding hydrogens is 443 g/mol. The Bertz CT molecular complexity index is 1280. The fourth-order valence-corrected chi connectivity index (χ4v) is 5.49. The summed E-state index contributed by atoms with van der Waals surface area (Å²) in [5.74, 6) is -2.53. The molecule has 162 valence electrons. The minimum atomic E-state index is -4.68. The number of aromatic nitrogens is 3. The van der Waals surface area contributed by atoms with Gasteiger partial charge in [-0.3, -0.25) is 9.40 Å². The second kappa shape index (κ2) is 6.49. The summed E-state index contributed by atoms with van der Waals surface area (Å²) in [5.41, 5.74) is -0.295. The molecule has 31 heavy (non-hydrogen) atoms.